The van der Waals surface area contributed by atoms with Crippen LogP contribution in [0.2, 0.25) is 0 Å². The van der Waals surface area contributed by atoms with E-state index in [0.29, 0.717) is 0 Å². The molecule has 2 rings (SSSR count). The lowest BCUT2D eigenvalue weighted by molar-refractivity contribution is 0.572. The first-order valence-corrected chi connectivity index (χ1v) is 4.72. The van der Waals surface area contributed by atoms with Crippen LogP contribution in [0.15, 0.2) is 41.3 Å². The van der Waals surface area contributed by atoms with Crippen molar-refractivity contribution in [3.05, 3.63) is 36.9 Å². The fourth-order valence-electron chi connectivity index (χ4n) is 1.22. The molecule has 5 heteroatoms. The van der Waals surface area contributed by atoms with Gasteiger partial charge in [-0.2, -0.15) is 0 Å². The van der Waals surface area contributed by atoms with Crippen molar-refractivity contribution < 1.29 is 4.42 Å². The van der Waals surface area contributed by atoms with Gasteiger partial charge < -0.3 is 15.5 Å². The highest BCUT2D eigenvalue weighted by Gasteiger charge is 2.00. The first kappa shape index (κ1) is 9.67. The lowest BCUT2D eigenvalue weighted by atomic mass is 10.2. The van der Waals surface area contributed by atoms with Crippen molar-refractivity contribution in [3.63, 3.8) is 0 Å². The Morgan fingerprint density at radius 1 is 1.33 bits per heavy atom. The van der Waals surface area contributed by atoms with Crippen LogP contribution >= 0.6 is 12.2 Å². The van der Waals surface area contributed by atoms with Gasteiger partial charge >= 0.3 is 0 Å². The number of anilines is 1. The molecule has 1 aromatic carbocycles. The predicted molar refractivity (Wildman–Crippen MR) is 62.3 cm³/mol. The van der Waals surface area contributed by atoms with Gasteiger partial charge in [-0.3, -0.25) is 0 Å². The molecule has 4 nitrogen and oxygen atoms in total. The van der Waals surface area contributed by atoms with Crippen LogP contribution < -0.4 is 11.1 Å². The third-order valence-corrected chi connectivity index (χ3v) is 1.97. The van der Waals surface area contributed by atoms with Gasteiger partial charge in [0.05, 0.1) is 6.20 Å². The molecule has 1 heterocycles. The molecule has 3 N–H and O–H groups in total. The minimum Gasteiger partial charge on any atom is -0.444 e. The third-order valence-electron chi connectivity index (χ3n) is 1.87. The van der Waals surface area contributed by atoms with Gasteiger partial charge in [0.2, 0.25) is 0 Å². The van der Waals surface area contributed by atoms with E-state index in [1.54, 1.807) is 6.20 Å². The largest absolute Gasteiger partial charge is 0.444 e. The van der Waals surface area contributed by atoms with E-state index >= 15 is 0 Å². The Morgan fingerprint density at radius 3 is 2.60 bits per heavy atom. The fourth-order valence-corrected chi connectivity index (χ4v) is 1.34. The Bertz CT molecular complexity index is 450. The average Bonchev–Trinajstić information content (AvgIpc) is 2.71. The molecule has 0 aliphatic rings. The molecule has 0 saturated carbocycles. The molecule has 15 heavy (non-hydrogen) atoms. The van der Waals surface area contributed by atoms with Crippen molar-refractivity contribution >= 4 is 23.0 Å². The van der Waals surface area contributed by atoms with Crippen molar-refractivity contribution in [1.82, 2.24) is 4.98 Å². The summed E-state index contributed by atoms with van der Waals surface area (Å²) in [5.74, 6) is 0.733. The van der Waals surface area contributed by atoms with Gasteiger partial charge in [0.1, 0.15) is 0 Å². The summed E-state index contributed by atoms with van der Waals surface area (Å²) in [6.45, 7) is 0. The Balaban J connectivity index is 2.21. The van der Waals surface area contributed by atoms with Crippen LogP contribution in [-0.4, -0.2) is 10.1 Å². The molecule has 0 fully saturated rings. The number of hydrogen-bond acceptors (Lipinski definition) is 3. The number of nitrogens with one attached hydrogen (secondary N) is 1. The second-order valence-corrected chi connectivity index (χ2v) is 3.37. The number of benzene rings is 1. The predicted octanol–water partition coefficient (Wildman–Crippen LogP) is 2.00. The maximum Gasteiger partial charge on any atom is 0.181 e. The highest BCUT2D eigenvalue weighted by molar-refractivity contribution is 7.80. The van der Waals surface area contributed by atoms with Crippen LogP contribution in [0.3, 0.4) is 0 Å². The number of nitrogens with zero attached hydrogens (tertiary/aromatic N) is 1. The minimum absolute atomic E-state index is 0.252. The van der Waals surface area contributed by atoms with Crippen LogP contribution in [0.5, 0.6) is 0 Å². The standard InChI is InChI=1S/C10H9N3OS/c11-10(15)13-8-3-1-7(2-4-8)9-5-12-6-14-9/h1-6H,(H3,11,13,15). The van der Waals surface area contributed by atoms with Crippen molar-refractivity contribution in [1.29, 1.82) is 0 Å². The topological polar surface area (TPSA) is 64.1 Å². The molecule has 1 aromatic heterocycles. The fraction of sp³-hybridized carbons (Fsp3) is 0. The highest BCUT2D eigenvalue weighted by atomic mass is 32.1. The summed E-state index contributed by atoms with van der Waals surface area (Å²) in [6.07, 6.45) is 3.06. The number of rotatable bonds is 2. The maximum atomic E-state index is 5.35. The molecule has 2 aromatic rings. The zero-order valence-corrected chi connectivity index (χ0v) is 8.62. The van der Waals surface area contributed by atoms with E-state index in [-0.39, 0.29) is 5.11 Å². The van der Waals surface area contributed by atoms with Gasteiger partial charge in [0, 0.05) is 11.3 Å². The summed E-state index contributed by atoms with van der Waals surface area (Å²) in [4.78, 5) is 3.85. The lowest BCUT2D eigenvalue weighted by Crippen LogP contribution is -2.18. The van der Waals surface area contributed by atoms with Crippen molar-refractivity contribution in [3.8, 4) is 11.3 Å². The molecule has 0 bridgehead atoms. The summed E-state index contributed by atoms with van der Waals surface area (Å²) in [5, 5.41) is 3.09. The molecule has 0 aliphatic carbocycles. The van der Waals surface area contributed by atoms with E-state index in [2.05, 4.69) is 10.3 Å². The zero-order valence-electron chi connectivity index (χ0n) is 7.81. The second-order valence-electron chi connectivity index (χ2n) is 2.93. The number of hydrogen-bond donors (Lipinski definition) is 2. The van der Waals surface area contributed by atoms with Crippen LogP contribution in [0, 0.1) is 0 Å². The summed E-state index contributed by atoms with van der Waals surface area (Å²) in [6, 6.07) is 7.55. The maximum absolute atomic E-state index is 5.35. The Morgan fingerprint density at radius 2 is 2.07 bits per heavy atom. The third kappa shape index (κ3) is 2.32. The van der Waals surface area contributed by atoms with Crippen molar-refractivity contribution in [2.45, 2.75) is 0 Å². The quantitative estimate of drug-likeness (QED) is 0.756. The monoisotopic (exact) mass is 219 g/mol. The lowest BCUT2D eigenvalue weighted by Gasteiger charge is -2.03. The van der Waals surface area contributed by atoms with Crippen LogP contribution in [0.4, 0.5) is 5.69 Å². The first-order valence-electron chi connectivity index (χ1n) is 4.31. The highest BCUT2D eigenvalue weighted by Crippen LogP contribution is 2.20. The summed E-state index contributed by atoms with van der Waals surface area (Å²) < 4.78 is 5.16. The SMILES string of the molecule is NC(=S)Nc1ccc(-c2cnco2)cc1. The summed E-state index contributed by atoms with van der Waals surface area (Å²) >= 11 is 4.73. The number of oxazole rings is 1. The van der Waals surface area contributed by atoms with E-state index in [9.17, 15) is 0 Å². The van der Waals surface area contributed by atoms with Gasteiger partial charge in [0.25, 0.3) is 0 Å². The van der Waals surface area contributed by atoms with E-state index in [1.165, 1.54) is 6.39 Å². The number of nitrogens with two attached hydrogens (primary N) is 1. The first-order chi connectivity index (χ1) is 7.25. The zero-order chi connectivity index (χ0) is 10.7. The molecule has 0 radical (unpaired) electrons. The molecular formula is C10H9N3OS. The smallest absolute Gasteiger partial charge is 0.181 e. The summed E-state index contributed by atoms with van der Waals surface area (Å²) in [7, 11) is 0. The second kappa shape index (κ2) is 4.10. The Hall–Kier alpha value is -1.88. The van der Waals surface area contributed by atoms with Gasteiger partial charge in [-0.15, -0.1) is 0 Å². The number of thiocarbonyl (C=S) groups is 1. The minimum atomic E-state index is 0.252. The average molecular weight is 219 g/mol. The Kier molecular flexibility index (Phi) is 2.64. The molecule has 76 valence electrons. The molecule has 0 atom stereocenters. The van der Waals surface area contributed by atoms with Gasteiger partial charge in [0.15, 0.2) is 17.3 Å². The van der Waals surface area contributed by atoms with E-state index in [0.717, 1.165) is 17.0 Å². The van der Waals surface area contributed by atoms with E-state index in [4.69, 9.17) is 22.4 Å². The van der Waals surface area contributed by atoms with Gasteiger partial charge in [-0.1, -0.05) is 0 Å². The molecule has 0 aliphatic heterocycles. The van der Waals surface area contributed by atoms with E-state index < -0.39 is 0 Å². The molecule has 0 amide bonds. The molecule has 0 saturated heterocycles. The van der Waals surface area contributed by atoms with Crippen LogP contribution in [-0.2, 0) is 0 Å². The van der Waals surface area contributed by atoms with Gasteiger partial charge in [-0.25, -0.2) is 4.98 Å². The molecular weight excluding hydrogens is 210 g/mol. The van der Waals surface area contributed by atoms with Crippen LogP contribution in [0.1, 0.15) is 0 Å². The van der Waals surface area contributed by atoms with Crippen molar-refractivity contribution in [2.24, 2.45) is 5.73 Å². The molecule has 0 spiro atoms. The number of aromatic nitrogens is 1. The van der Waals surface area contributed by atoms with Crippen molar-refractivity contribution in [2.75, 3.05) is 5.32 Å². The normalized spacial score (nSPS) is 9.87. The van der Waals surface area contributed by atoms with E-state index in [1.807, 2.05) is 24.3 Å². The summed E-state index contributed by atoms with van der Waals surface area (Å²) in [5.41, 5.74) is 7.16. The van der Waals surface area contributed by atoms with Crippen LogP contribution in [0.25, 0.3) is 11.3 Å². The molecule has 0 unspecified atom stereocenters. The Labute approximate surface area is 92.1 Å². The van der Waals surface area contributed by atoms with Gasteiger partial charge in [-0.05, 0) is 36.5 Å².